The SMILES string of the molecule is Cn1c(=O)n(C2CCC(=O)NC2=O)c2ccc(C3CCN(CC4CCN(C5CCN(C(=O)OC(C)(C)C)CC5)CC4)CC3)cc21. The molecule has 6 rings (SSSR count). The molecule has 11 nitrogen and oxygen atoms in total. The molecule has 4 fully saturated rings. The minimum absolute atomic E-state index is 0.182. The van der Waals surface area contributed by atoms with Gasteiger partial charge in [0, 0.05) is 39.1 Å². The lowest BCUT2D eigenvalue weighted by atomic mass is 9.87. The summed E-state index contributed by atoms with van der Waals surface area (Å²) in [6.07, 6.45) is 7.13. The molecule has 0 radical (unpaired) electrons. The summed E-state index contributed by atoms with van der Waals surface area (Å²) in [5.41, 5.74) is 2.17. The third-order valence-corrected chi connectivity index (χ3v) is 10.5. The van der Waals surface area contributed by atoms with E-state index in [1.165, 1.54) is 24.9 Å². The molecule has 1 atom stereocenters. The maximum absolute atomic E-state index is 13.2. The summed E-state index contributed by atoms with van der Waals surface area (Å²) >= 11 is 0. The highest BCUT2D eigenvalue weighted by atomic mass is 16.6. The van der Waals surface area contributed by atoms with Crippen LogP contribution in [-0.4, -0.2) is 99.2 Å². The van der Waals surface area contributed by atoms with Gasteiger partial charge in [-0.3, -0.25) is 24.0 Å². The first-order chi connectivity index (χ1) is 21.5. The molecule has 4 aliphatic heterocycles. The number of piperidine rings is 4. The molecule has 11 heteroatoms. The number of amides is 3. The number of hydrogen-bond donors (Lipinski definition) is 1. The highest BCUT2D eigenvalue weighted by molar-refractivity contribution is 6.00. The summed E-state index contributed by atoms with van der Waals surface area (Å²) in [5, 5.41) is 2.38. The summed E-state index contributed by atoms with van der Waals surface area (Å²) in [4.78, 5) is 56.9. The fourth-order valence-corrected chi connectivity index (χ4v) is 7.92. The van der Waals surface area contributed by atoms with Gasteiger partial charge in [0.25, 0.3) is 0 Å². The summed E-state index contributed by atoms with van der Waals surface area (Å²) in [6, 6.07) is 6.15. The Labute approximate surface area is 265 Å². The van der Waals surface area contributed by atoms with Crippen molar-refractivity contribution < 1.29 is 19.1 Å². The number of nitrogens with one attached hydrogen (secondary N) is 1. The molecule has 1 aromatic carbocycles. The van der Waals surface area contributed by atoms with Gasteiger partial charge in [0.1, 0.15) is 11.6 Å². The van der Waals surface area contributed by atoms with Crippen molar-refractivity contribution in [3.8, 4) is 0 Å². The zero-order chi connectivity index (χ0) is 31.9. The molecule has 45 heavy (non-hydrogen) atoms. The topological polar surface area (TPSA) is 109 Å². The molecule has 1 unspecified atom stereocenters. The normalized spacial score (nSPS) is 23.9. The molecule has 3 amide bonds. The molecule has 246 valence electrons. The van der Waals surface area contributed by atoms with E-state index in [0.717, 1.165) is 81.9 Å². The van der Waals surface area contributed by atoms with E-state index in [2.05, 4.69) is 27.2 Å². The van der Waals surface area contributed by atoms with Crippen molar-refractivity contribution in [2.75, 3.05) is 45.8 Å². The van der Waals surface area contributed by atoms with Crippen LogP contribution in [0.1, 0.15) is 89.7 Å². The maximum atomic E-state index is 13.2. The van der Waals surface area contributed by atoms with Gasteiger partial charge >= 0.3 is 11.8 Å². The molecule has 4 saturated heterocycles. The van der Waals surface area contributed by atoms with Crippen molar-refractivity contribution in [1.82, 2.24) is 29.2 Å². The number of ether oxygens (including phenoxy) is 1. The van der Waals surface area contributed by atoms with Crippen LogP contribution < -0.4 is 11.0 Å². The second kappa shape index (κ2) is 12.9. The number of hydrogen-bond acceptors (Lipinski definition) is 7. The van der Waals surface area contributed by atoms with E-state index in [-0.39, 0.29) is 24.1 Å². The lowest BCUT2D eigenvalue weighted by molar-refractivity contribution is -0.135. The van der Waals surface area contributed by atoms with Gasteiger partial charge in [-0.2, -0.15) is 0 Å². The number of benzene rings is 1. The van der Waals surface area contributed by atoms with Crippen molar-refractivity contribution in [2.45, 2.75) is 95.7 Å². The third kappa shape index (κ3) is 6.99. The molecule has 0 bridgehead atoms. The smallest absolute Gasteiger partial charge is 0.410 e. The zero-order valence-corrected chi connectivity index (χ0v) is 27.4. The van der Waals surface area contributed by atoms with Crippen LogP contribution in [0.15, 0.2) is 23.0 Å². The molecule has 1 aromatic heterocycles. The van der Waals surface area contributed by atoms with Crippen LogP contribution >= 0.6 is 0 Å². The van der Waals surface area contributed by atoms with Gasteiger partial charge in [-0.15, -0.1) is 0 Å². The van der Waals surface area contributed by atoms with Gasteiger partial charge in [0.2, 0.25) is 11.8 Å². The predicted octanol–water partition coefficient (Wildman–Crippen LogP) is 3.61. The molecule has 0 saturated carbocycles. The standard InChI is InChI=1S/C34H50N6O5/c1-34(2,3)45-33(44)39-19-13-26(14-20-39)38-17-9-23(10-18-38)22-37-15-11-24(12-16-37)25-5-6-27-29(21-25)36(4)32(43)40(27)28-7-8-30(41)35-31(28)42/h5-6,21,23-24,26,28H,7-20,22H2,1-4H3,(H,35,41,42). The lowest BCUT2D eigenvalue weighted by Gasteiger charge is -2.43. The van der Waals surface area contributed by atoms with Crippen LogP contribution in [0.25, 0.3) is 11.0 Å². The van der Waals surface area contributed by atoms with Crippen LogP contribution in [-0.2, 0) is 21.4 Å². The van der Waals surface area contributed by atoms with E-state index < -0.39 is 17.6 Å². The Kier molecular flexibility index (Phi) is 9.12. The van der Waals surface area contributed by atoms with Crippen molar-refractivity contribution >= 4 is 28.9 Å². The monoisotopic (exact) mass is 622 g/mol. The van der Waals surface area contributed by atoms with Gasteiger partial charge in [-0.1, -0.05) is 6.07 Å². The van der Waals surface area contributed by atoms with E-state index in [0.29, 0.717) is 18.4 Å². The van der Waals surface area contributed by atoms with Gasteiger partial charge in [0.05, 0.1) is 11.0 Å². The average molecular weight is 623 g/mol. The fourth-order valence-electron chi connectivity index (χ4n) is 7.92. The number of fused-ring (bicyclic) bond motifs is 1. The Balaban J connectivity index is 0.972. The molecule has 5 heterocycles. The van der Waals surface area contributed by atoms with Gasteiger partial charge < -0.3 is 19.4 Å². The first kappa shape index (κ1) is 31.8. The molecular formula is C34H50N6O5. The highest BCUT2D eigenvalue weighted by Gasteiger charge is 2.34. The molecule has 4 aliphatic rings. The number of carbonyl (C=O) groups is 3. The summed E-state index contributed by atoms with van der Waals surface area (Å²) < 4.78 is 8.75. The number of nitrogens with zero attached hydrogens (tertiary/aromatic N) is 5. The summed E-state index contributed by atoms with van der Waals surface area (Å²) in [6.45, 7) is 13.0. The van der Waals surface area contributed by atoms with Crippen LogP contribution in [0.2, 0.25) is 0 Å². The Morgan fingerprint density at radius 3 is 2.22 bits per heavy atom. The van der Waals surface area contributed by atoms with Crippen LogP contribution in [0, 0.1) is 5.92 Å². The second-order valence-electron chi connectivity index (χ2n) is 14.7. The first-order valence-electron chi connectivity index (χ1n) is 17.0. The summed E-state index contributed by atoms with van der Waals surface area (Å²) in [7, 11) is 1.76. The highest BCUT2D eigenvalue weighted by Crippen LogP contribution is 2.33. The maximum Gasteiger partial charge on any atom is 0.410 e. The number of carbonyl (C=O) groups excluding carboxylic acids is 3. The van der Waals surface area contributed by atoms with E-state index in [1.807, 2.05) is 31.7 Å². The Morgan fingerprint density at radius 2 is 1.58 bits per heavy atom. The molecule has 1 N–H and O–H groups in total. The van der Waals surface area contributed by atoms with Gasteiger partial charge in [-0.25, -0.2) is 9.59 Å². The van der Waals surface area contributed by atoms with Crippen LogP contribution in [0.3, 0.4) is 0 Å². The number of aryl methyl sites for hydroxylation is 1. The van der Waals surface area contributed by atoms with E-state index in [9.17, 15) is 19.2 Å². The minimum Gasteiger partial charge on any atom is -0.444 e. The van der Waals surface area contributed by atoms with Crippen molar-refractivity contribution in [3.63, 3.8) is 0 Å². The minimum atomic E-state index is -0.656. The molecule has 2 aromatic rings. The van der Waals surface area contributed by atoms with Crippen LogP contribution in [0.4, 0.5) is 4.79 Å². The average Bonchev–Trinajstić information content (AvgIpc) is 3.26. The first-order valence-corrected chi connectivity index (χ1v) is 17.0. The van der Waals surface area contributed by atoms with Gasteiger partial charge in [0.15, 0.2) is 0 Å². The number of imidazole rings is 1. The number of imide groups is 1. The molecule has 0 aliphatic carbocycles. The number of aromatic nitrogens is 2. The molecule has 0 spiro atoms. The summed E-state index contributed by atoms with van der Waals surface area (Å²) in [5.74, 6) is 0.506. The molecular weight excluding hydrogens is 572 g/mol. The number of likely N-dealkylation sites (tertiary alicyclic amines) is 3. The van der Waals surface area contributed by atoms with Gasteiger partial charge in [-0.05, 0) is 121 Å². The van der Waals surface area contributed by atoms with E-state index in [4.69, 9.17) is 4.74 Å². The number of rotatable bonds is 5. The Bertz CT molecular complexity index is 1470. The Hall–Kier alpha value is -3.18. The third-order valence-electron chi connectivity index (χ3n) is 10.5. The lowest BCUT2D eigenvalue weighted by Crippen LogP contribution is -2.50. The van der Waals surface area contributed by atoms with Crippen LogP contribution in [0.5, 0.6) is 0 Å². The van der Waals surface area contributed by atoms with Crippen molar-refractivity contribution in [1.29, 1.82) is 0 Å². The largest absolute Gasteiger partial charge is 0.444 e. The fraction of sp³-hybridized carbons (Fsp3) is 0.706. The second-order valence-corrected chi connectivity index (χ2v) is 14.7. The zero-order valence-electron chi connectivity index (χ0n) is 27.4. The van der Waals surface area contributed by atoms with Crippen molar-refractivity contribution in [2.24, 2.45) is 13.0 Å². The van der Waals surface area contributed by atoms with E-state index in [1.54, 1.807) is 16.2 Å². The van der Waals surface area contributed by atoms with E-state index >= 15 is 0 Å². The Morgan fingerprint density at radius 1 is 0.889 bits per heavy atom. The van der Waals surface area contributed by atoms with Crippen molar-refractivity contribution in [3.05, 3.63) is 34.2 Å². The predicted molar refractivity (Wildman–Crippen MR) is 172 cm³/mol. The quantitative estimate of drug-likeness (QED) is 0.508.